The first kappa shape index (κ1) is 20.8. The number of fused-ring (bicyclic) bond motifs is 8. The van der Waals surface area contributed by atoms with Crippen molar-refractivity contribution in [2.24, 2.45) is 27.7 Å². The average molecular weight is 436 g/mol. The van der Waals surface area contributed by atoms with E-state index in [-0.39, 0.29) is 23.2 Å². The molecule has 6 aliphatic rings. The molecule has 32 heavy (non-hydrogen) atoms. The van der Waals surface area contributed by atoms with Gasteiger partial charge in [-0.15, -0.1) is 0 Å². The Kier molecular flexibility index (Phi) is 4.02. The molecule has 2 N–H and O–H groups in total. The van der Waals surface area contributed by atoms with E-state index in [2.05, 4.69) is 38.2 Å². The summed E-state index contributed by atoms with van der Waals surface area (Å²) in [5.41, 5.74) is 1.35. The van der Waals surface area contributed by atoms with Gasteiger partial charge in [0.2, 0.25) is 0 Å². The Labute approximate surface area is 189 Å². The predicted molar refractivity (Wildman–Crippen MR) is 122 cm³/mol. The lowest BCUT2D eigenvalue weighted by Crippen LogP contribution is -2.67. The van der Waals surface area contributed by atoms with Crippen LogP contribution in [0.15, 0.2) is 52.2 Å². The SMILES string of the molecule is CC(C)(O)[C@H]1O[C@H]2CC[C@@]3(C)[C@@](O)(CC[C@H]4CC5=C(N=C6C=CC=CC65)[C@@]43C)C2=CC1=O. The number of carbonyl (C=O) groups is 1. The van der Waals surface area contributed by atoms with Crippen molar-refractivity contribution in [1.82, 2.24) is 0 Å². The molecule has 1 unspecified atom stereocenters. The lowest BCUT2D eigenvalue weighted by molar-refractivity contribution is -0.205. The highest BCUT2D eigenvalue weighted by Crippen LogP contribution is 2.72. The number of aliphatic imine (C=N–C) groups is 1. The number of nitrogens with zero attached hydrogens (tertiary/aromatic N) is 1. The molecule has 0 aromatic carbocycles. The first-order valence-electron chi connectivity index (χ1n) is 12.0. The molecule has 2 aliphatic heterocycles. The fourth-order valence-corrected chi connectivity index (χ4v) is 7.91. The Bertz CT molecular complexity index is 1070. The van der Waals surface area contributed by atoms with Gasteiger partial charge in [0.15, 0.2) is 5.78 Å². The minimum atomic E-state index is -1.26. The third kappa shape index (κ3) is 2.30. The van der Waals surface area contributed by atoms with Crippen molar-refractivity contribution < 1.29 is 19.7 Å². The van der Waals surface area contributed by atoms with Crippen LogP contribution >= 0.6 is 0 Å². The molecular weight excluding hydrogens is 402 g/mol. The zero-order valence-electron chi connectivity index (χ0n) is 19.4. The number of hydrogen-bond acceptors (Lipinski definition) is 5. The Morgan fingerprint density at radius 2 is 1.97 bits per heavy atom. The zero-order valence-corrected chi connectivity index (χ0v) is 19.4. The third-order valence-electron chi connectivity index (χ3n) is 9.84. The van der Waals surface area contributed by atoms with Crippen LogP contribution in [0.4, 0.5) is 0 Å². The van der Waals surface area contributed by atoms with Crippen molar-refractivity contribution in [2.45, 2.75) is 83.2 Å². The summed E-state index contributed by atoms with van der Waals surface area (Å²) in [6, 6.07) is 0. The molecule has 2 heterocycles. The fourth-order valence-electron chi connectivity index (χ4n) is 7.91. The second-order valence-electron chi connectivity index (χ2n) is 11.7. The number of aliphatic hydroxyl groups is 2. The first-order valence-corrected chi connectivity index (χ1v) is 12.0. The molecule has 0 amide bonds. The Balaban J connectivity index is 1.46. The van der Waals surface area contributed by atoms with Crippen LogP contribution in [0.2, 0.25) is 0 Å². The topological polar surface area (TPSA) is 79.1 Å². The van der Waals surface area contributed by atoms with E-state index < -0.39 is 22.7 Å². The third-order valence-corrected chi connectivity index (χ3v) is 9.84. The van der Waals surface area contributed by atoms with Crippen molar-refractivity contribution in [3.8, 4) is 0 Å². The maximum absolute atomic E-state index is 13.0. The van der Waals surface area contributed by atoms with Gasteiger partial charge in [-0.25, -0.2) is 0 Å². The number of carbonyl (C=O) groups excluding carboxylic acids is 1. The van der Waals surface area contributed by atoms with Crippen molar-refractivity contribution in [2.75, 3.05) is 0 Å². The monoisotopic (exact) mass is 435 g/mol. The summed E-state index contributed by atoms with van der Waals surface area (Å²) in [6.07, 6.45) is 13.0. The van der Waals surface area contributed by atoms with Crippen LogP contribution < -0.4 is 0 Å². The van der Waals surface area contributed by atoms with Crippen LogP contribution in [0.5, 0.6) is 0 Å². The molecule has 0 radical (unpaired) electrons. The van der Waals surface area contributed by atoms with Gasteiger partial charge in [0.1, 0.15) is 6.10 Å². The largest absolute Gasteiger partial charge is 0.387 e. The quantitative estimate of drug-likeness (QED) is 0.656. The Hall–Kier alpha value is -1.82. The highest BCUT2D eigenvalue weighted by atomic mass is 16.5. The lowest BCUT2D eigenvalue weighted by atomic mass is 9.42. The van der Waals surface area contributed by atoms with Gasteiger partial charge < -0.3 is 14.9 Å². The van der Waals surface area contributed by atoms with Gasteiger partial charge in [-0.3, -0.25) is 9.79 Å². The molecule has 6 rings (SSSR count). The molecular formula is C27H33NO4. The minimum absolute atomic E-state index is 0.248. The summed E-state index contributed by atoms with van der Waals surface area (Å²) in [5.74, 6) is 0.475. The molecule has 5 nitrogen and oxygen atoms in total. The summed E-state index contributed by atoms with van der Waals surface area (Å²) in [4.78, 5) is 18.1. The summed E-state index contributed by atoms with van der Waals surface area (Å²) in [7, 11) is 0. The molecule has 0 bridgehead atoms. The molecule has 0 spiro atoms. The number of rotatable bonds is 1. The molecule has 0 aromatic rings. The first-order chi connectivity index (χ1) is 15.0. The number of ketones is 1. The Morgan fingerprint density at radius 1 is 1.19 bits per heavy atom. The molecule has 5 heteroatoms. The second-order valence-corrected chi connectivity index (χ2v) is 11.7. The summed E-state index contributed by atoms with van der Waals surface area (Å²) in [5, 5.41) is 22.8. The van der Waals surface area contributed by atoms with Gasteiger partial charge in [-0.05, 0) is 75.2 Å². The summed E-state index contributed by atoms with van der Waals surface area (Å²) >= 11 is 0. The van der Waals surface area contributed by atoms with Crippen LogP contribution in [0.1, 0.15) is 59.8 Å². The predicted octanol–water partition coefficient (Wildman–Crippen LogP) is 3.82. The summed E-state index contributed by atoms with van der Waals surface area (Å²) in [6.45, 7) is 7.74. The summed E-state index contributed by atoms with van der Waals surface area (Å²) < 4.78 is 6.15. The van der Waals surface area contributed by atoms with E-state index in [1.54, 1.807) is 19.9 Å². The van der Waals surface area contributed by atoms with E-state index in [1.807, 2.05) is 0 Å². The van der Waals surface area contributed by atoms with Gasteiger partial charge in [0.25, 0.3) is 0 Å². The number of ether oxygens (including phenoxy) is 1. The smallest absolute Gasteiger partial charge is 0.187 e. The zero-order chi connectivity index (χ0) is 22.7. The van der Waals surface area contributed by atoms with Crippen molar-refractivity contribution in [3.05, 3.63) is 47.2 Å². The van der Waals surface area contributed by atoms with E-state index in [4.69, 9.17) is 9.73 Å². The average Bonchev–Trinajstić information content (AvgIpc) is 3.24. The standard InChI is InChI=1S/C27H33NO4/c1-24(2,30)23-20(29)14-18-21(32-23)10-11-25(3)26(4)15(9-12-27(18,25)31)13-17-16-7-5-6-8-19(16)28-22(17)26/h5-8,14-16,21,23,30-31H,9-13H2,1-4H3/t15-,16?,21-,23-,25+,26+,27+/m0/s1. The van der Waals surface area contributed by atoms with E-state index >= 15 is 0 Å². The van der Waals surface area contributed by atoms with Crippen LogP contribution in [0.3, 0.4) is 0 Å². The van der Waals surface area contributed by atoms with Crippen LogP contribution in [0, 0.1) is 22.7 Å². The van der Waals surface area contributed by atoms with E-state index in [0.717, 1.165) is 31.4 Å². The molecule has 170 valence electrons. The van der Waals surface area contributed by atoms with E-state index in [9.17, 15) is 15.0 Å². The van der Waals surface area contributed by atoms with E-state index in [1.165, 1.54) is 11.3 Å². The van der Waals surface area contributed by atoms with E-state index in [0.29, 0.717) is 17.9 Å². The van der Waals surface area contributed by atoms with Crippen LogP contribution in [0.25, 0.3) is 0 Å². The highest BCUT2D eigenvalue weighted by Gasteiger charge is 2.71. The van der Waals surface area contributed by atoms with Crippen molar-refractivity contribution in [1.29, 1.82) is 0 Å². The second kappa shape index (κ2) is 6.19. The normalized spacial score (nSPS) is 46.8. The van der Waals surface area contributed by atoms with Gasteiger partial charge in [0.05, 0.1) is 23.0 Å². The van der Waals surface area contributed by atoms with Crippen molar-refractivity contribution >= 4 is 11.5 Å². The van der Waals surface area contributed by atoms with Crippen LogP contribution in [-0.2, 0) is 9.53 Å². The van der Waals surface area contributed by atoms with Gasteiger partial charge in [-0.2, -0.15) is 0 Å². The molecule has 7 atom stereocenters. The fraction of sp³-hybridized carbons (Fsp3) is 0.630. The van der Waals surface area contributed by atoms with Gasteiger partial charge >= 0.3 is 0 Å². The molecule has 4 aliphatic carbocycles. The van der Waals surface area contributed by atoms with Crippen LogP contribution in [-0.4, -0.2) is 45.1 Å². The number of hydrogen-bond donors (Lipinski definition) is 2. The molecule has 0 aromatic heterocycles. The van der Waals surface area contributed by atoms with Gasteiger partial charge in [-0.1, -0.05) is 32.1 Å². The highest BCUT2D eigenvalue weighted by molar-refractivity contribution is 6.04. The lowest BCUT2D eigenvalue weighted by Gasteiger charge is -2.65. The molecule has 2 fully saturated rings. The number of allylic oxidation sites excluding steroid dienone is 6. The molecule has 0 saturated heterocycles. The van der Waals surface area contributed by atoms with Crippen molar-refractivity contribution in [3.63, 3.8) is 0 Å². The van der Waals surface area contributed by atoms with Gasteiger partial charge in [0, 0.05) is 22.4 Å². The molecule has 2 saturated carbocycles. The maximum atomic E-state index is 13.0. The maximum Gasteiger partial charge on any atom is 0.187 e. The Morgan fingerprint density at radius 3 is 2.72 bits per heavy atom. The minimum Gasteiger partial charge on any atom is -0.387 e.